The van der Waals surface area contributed by atoms with Crippen LogP contribution in [0.15, 0.2) is 0 Å². The molecule has 88 valence electrons. The maximum Gasteiger partial charge on any atom is 0.240 e. The Bertz CT molecular complexity index is 298. The highest BCUT2D eigenvalue weighted by atomic mass is 16.2. The van der Waals surface area contributed by atoms with E-state index >= 15 is 0 Å². The Hall–Kier alpha value is -1.08. The van der Waals surface area contributed by atoms with E-state index in [0.717, 1.165) is 32.5 Å². The van der Waals surface area contributed by atoms with E-state index in [1.807, 2.05) is 0 Å². The van der Waals surface area contributed by atoms with Crippen LogP contribution in [0.4, 0.5) is 0 Å². The third-order valence-corrected chi connectivity index (χ3v) is 3.56. The normalized spacial score (nSPS) is 23.4. The Morgan fingerprint density at radius 3 is 2.56 bits per heavy atom. The van der Waals surface area contributed by atoms with E-state index < -0.39 is 5.41 Å². The van der Waals surface area contributed by atoms with Crippen molar-refractivity contribution in [2.45, 2.75) is 32.1 Å². The van der Waals surface area contributed by atoms with E-state index in [2.05, 4.69) is 16.3 Å². The van der Waals surface area contributed by atoms with E-state index in [1.54, 1.807) is 0 Å². The minimum absolute atomic E-state index is 0.0630. The monoisotopic (exact) mass is 221 g/mol. The van der Waals surface area contributed by atoms with Crippen molar-refractivity contribution in [3.05, 3.63) is 0 Å². The van der Waals surface area contributed by atoms with Crippen molar-refractivity contribution in [3.8, 4) is 6.07 Å². The Kier molecular flexibility index (Phi) is 3.45. The smallest absolute Gasteiger partial charge is 0.240 e. The largest absolute Gasteiger partial charge is 0.353 e. The van der Waals surface area contributed by atoms with Crippen LogP contribution in [0.2, 0.25) is 0 Å². The molecule has 2 fully saturated rings. The number of hydrogen-bond donors (Lipinski definition) is 1. The van der Waals surface area contributed by atoms with Gasteiger partial charge in [0, 0.05) is 13.1 Å². The molecule has 0 unspecified atom stereocenters. The van der Waals surface area contributed by atoms with Gasteiger partial charge in [0.15, 0.2) is 0 Å². The highest BCUT2D eigenvalue weighted by molar-refractivity contribution is 5.88. The van der Waals surface area contributed by atoms with Gasteiger partial charge in [0.2, 0.25) is 5.91 Å². The number of nitrogens with one attached hydrogen (secondary N) is 1. The lowest BCUT2D eigenvalue weighted by molar-refractivity contribution is -0.124. The number of piperidine rings is 1. The average Bonchev–Trinajstić information content (AvgIpc) is 3.11. The number of carbonyl (C=O) groups is 1. The van der Waals surface area contributed by atoms with Gasteiger partial charge in [0.25, 0.3) is 0 Å². The van der Waals surface area contributed by atoms with Gasteiger partial charge in [-0.25, -0.2) is 0 Å². The van der Waals surface area contributed by atoms with Gasteiger partial charge in [-0.15, -0.1) is 0 Å². The Balaban J connectivity index is 1.64. The number of amides is 1. The lowest BCUT2D eigenvalue weighted by atomic mass is 10.1. The number of nitriles is 1. The molecule has 0 radical (unpaired) electrons. The average molecular weight is 221 g/mol. The molecule has 0 aromatic carbocycles. The molecule has 2 aliphatic rings. The summed E-state index contributed by atoms with van der Waals surface area (Å²) in [6.07, 6.45) is 5.35. The molecule has 1 saturated carbocycles. The molecule has 0 spiro atoms. The molecule has 16 heavy (non-hydrogen) atoms. The molecule has 1 aliphatic carbocycles. The molecule has 0 aromatic heterocycles. The Labute approximate surface area is 96.6 Å². The van der Waals surface area contributed by atoms with Gasteiger partial charge in [-0.05, 0) is 38.8 Å². The molecule has 0 bridgehead atoms. The van der Waals surface area contributed by atoms with Crippen LogP contribution >= 0.6 is 0 Å². The molecule has 0 atom stereocenters. The molecule has 1 N–H and O–H groups in total. The molecular weight excluding hydrogens is 202 g/mol. The standard InChI is InChI=1S/C12H19N3O/c13-10-12(4-5-12)11(16)14-6-9-15-7-2-1-3-8-15/h1-9H2,(H,14,16). The van der Waals surface area contributed by atoms with Gasteiger partial charge in [0.05, 0.1) is 6.07 Å². The van der Waals surface area contributed by atoms with E-state index in [-0.39, 0.29) is 5.91 Å². The van der Waals surface area contributed by atoms with Crippen LogP contribution in [0, 0.1) is 16.7 Å². The summed E-state index contributed by atoms with van der Waals surface area (Å²) in [6, 6.07) is 2.11. The lowest BCUT2D eigenvalue weighted by Crippen LogP contribution is -2.39. The fraction of sp³-hybridized carbons (Fsp3) is 0.833. The van der Waals surface area contributed by atoms with Crippen LogP contribution in [0.25, 0.3) is 0 Å². The summed E-state index contributed by atoms with van der Waals surface area (Å²) in [4.78, 5) is 14.0. The summed E-state index contributed by atoms with van der Waals surface area (Å²) in [5.41, 5.74) is -0.665. The summed E-state index contributed by atoms with van der Waals surface area (Å²) in [7, 11) is 0. The van der Waals surface area contributed by atoms with Crippen molar-refractivity contribution in [1.82, 2.24) is 10.2 Å². The first-order valence-corrected chi connectivity index (χ1v) is 6.19. The predicted octanol–water partition coefficient (Wildman–Crippen LogP) is 0.892. The minimum Gasteiger partial charge on any atom is -0.353 e. The van der Waals surface area contributed by atoms with Crippen LogP contribution in [0.1, 0.15) is 32.1 Å². The third-order valence-electron chi connectivity index (χ3n) is 3.56. The molecule has 1 heterocycles. The first kappa shape index (κ1) is 11.4. The van der Waals surface area contributed by atoms with Crippen molar-refractivity contribution < 1.29 is 4.79 Å². The molecule has 1 amide bonds. The van der Waals surface area contributed by atoms with Crippen molar-refractivity contribution >= 4 is 5.91 Å². The van der Waals surface area contributed by atoms with Crippen molar-refractivity contribution in [2.24, 2.45) is 5.41 Å². The Morgan fingerprint density at radius 1 is 1.31 bits per heavy atom. The SMILES string of the molecule is N#CC1(C(=O)NCCN2CCCCC2)CC1. The van der Waals surface area contributed by atoms with Crippen molar-refractivity contribution in [2.75, 3.05) is 26.2 Å². The number of carbonyl (C=O) groups excluding carboxylic acids is 1. The number of nitrogens with zero attached hydrogens (tertiary/aromatic N) is 2. The van der Waals surface area contributed by atoms with Crippen molar-refractivity contribution in [3.63, 3.8) is 0 Å². The lowest BCUT2D eigenvalue weighted by Gasteiger charge is -2.26. The van der Waals surface area contributed by atoms with Gasteiger partial charge < -0.3 is 10.2 Å². The van der Waals surface area contributed by atoms with Gasteiger partial charge in [-0.2, -0.15) is 5.26 Å². The number of hydrogen-bond acceptors (Lipinski definition) is 3. The molecule has 4 heteroatoms. The molecule has 1 saturated heterocycles. The second-order valence-corrected chi connectivity index (χ2v) is 4.85. The summed E-state index contributed by atoms with van der Waals surface area (Å²) in [6.45, 7) is 3.91. The second kappa shape index (κ2) is 4.84. The summed E-state index contributed by atoms with van der Waals surface area (Å²) in [5, 5.41) is 11.7. The molecule has 2 rings (SSSR count). The number of rotatable bonds is 4. The Morgan fingerprint density at radius 2 is 2.00 bits per heavy atom. The quantitative estimate of drug-likeness (QED) is 0.767. The first-order chi connectivity index (χ1) is 7.77. The molecule has 1 aliphatic heterocycles. The zero-order chi connectivity index (χ0) is 11.4. The topological polar surface area (TPSA) is 56.1 Å². The van der Waals surface area contributed by atoms with Crippen LogP contribution in [0.3, 0.4) is 0 Å². The fourth-order valence-corrected chi connectivity index (χ4v) is 2.19. The molecule has 0 aromatic rings. The first-order valence-electron chi connectivity index (χ1n) is 6.19. The predicted molar refractivity (Wildman–Crippen MR) is 60.6 cm³/mol. The van der Waals surface area contributed by atoms with E-state index in [1.165, 1.54) is 19.3 Å². The summed E-state index contributed by atoms with van der Waals surface area (Å²) in [5.74, 6) is -0.0630. The highest BCUT2D eigenvalue weighted by Crippen LogP contribution is 2.44. The van der Waals surface area contributed by atoms with Crippen LogP contribution in [-0.4, -0.2) is 37.0 Å². The second-order valence-electron chi connectivity index (χ2n) is 4.85. The van der Waals surface area contributed by atoms with Gasteiger partial charge in [-0.1, -0.05) is 6.42 Å². The van der Waals surface area contributed by atoms with Gasteiger partial charge >= 0.3 is 0 Å². The zero-order valence-corrected chi connectivity index (χ0v) is 9.67. The van der Waals surface area contributed by atoms with Crippen LogP contribution in [0.5, 0.6) is 0 Å². The van der Waals surface area contributed by atoms with E-state index in [0.29, 0.717) is 6.54 Å². The molecular formula is C12H19N3O. The minimum atomic E-state index is -0.665. The van der Waals surface area contributed by atoms with E-state index in [4.69, 9.17) is 5.26 Å². The van der Waals surface area contributed by atoms with Crippen LogP contribution in [-0.2, 0) is 4.79 Å². The zero-order valence-electron chi connectivity index (χ0n) is 9.67. The van der Waals surface area contributed by atoms with Crippen LogP contribution < -0.4 is 5.32 Å². The van der Waals surface area contributed by atoms with Gasteiger partial charge in [0.1, 0.15) is 5.41 Å². The van der Waals surface area contributed by atoms with Crippen molar-refractivity contribution in [1.29, 1.82) is 5.26 Å². The highest BCUT2D eigenvalue weighted by Gasteiger charge is 2.50. The van der Waals surface area contributed by atoms with E-state index in [9.17, 15) is 4.79 Å². The maximum atomic E-state index is 11.6. The summed E-state index contributed by atoms with van der Waals surface area (Å²) >= 11 is 0. The third kappa shape index (κ3) is 2.53. The summed E-state index contributed by atoms with van der Waals surface area (Å²) < 4.78 is 0. The maximum absolute atomic E-state index is 11.6. The van der Waals surface area contributed by atoms with Gasteiger partial charge in [-0.3, -0.25) is 4.79 Å². The number of likely N-dealkylation sites (tertiary alicyclic amines) is 1. The fourth-order valence-electron chi connectivity index (χ4n) is 2.19. The molecule has 4 nitrogen and oxygen atoms in total.